The van der Waals surface area contributed by atoms with E-state index in [1.807, 2.05) is 0 Å². The lowest BCUT2D eigenvalue weighted by Crippen LogP contribution is -2.46. The zero-order chi connectivity index (χ0) is 15.0. The van der Waals surface area contributed by atoms with E-state index in [0.717, 1.165) is 18.4 Å². The second kappa shape index (κ2) is 5.47. The van der Waals surface area contributed by atoms with Crippen molar-refractivity contribution in [1.29, 1.82) is 0 Å². The van der Waals surface area contributed by atoms with Gasteiger partial charge in [0.15, 0.2) is 0 Å². The highest BCUT2D eigenvalue weighted by atomic mass is 19.1. The molecular weight excluding hydrogens is 273 g/mol. The zero-order valence-corrected chi connectivity index (χ0v) is 11.7. The van der Waals surface area contributed by atoms with Crippen LogP contribution < -0.4 is 0 Å². The first kappa shape index (κ1) is 14.0. The van der Waals surface area contributed by atoms with Crippen molar-refractivity contribution in [3.63, 3.8) is 0 Å². The number of carbonyl (C=O) groups excluding carboxylic acids is 1. The van der Waals surface area contributed by atoms with Crippen LogP contribution in [0.4, 0.5) is 4.39 Å². The highest BCUT2D eigenvalue weighted by molar-refractivity contribution is 5.86. The second-order valence-corrected chi connectivity index (χ2v) is 5.96. The molecule has 21 heavy (non-hydrogen) atoms. The number of hydrogen-bond acceptors (Lipinski definition) is 2. The monoisotopic (exact) mass is 291 g/mol. The summed E-state index contributed by atoms with van der Waals surface area (Å²) in [5.41, 5.74) is 0.751. The lowest BCUT2D eigenvalue weighted by molar-refractivity contribution is -0.157. The van der Waals surface area contributed by atoms with Crippen molar-refractivity contribution in [1.82, 2.24) is 4.90 Å². The molecule has 0 aliphatic heterocycles. The summed E-state index contributed by atoms with van der Waals surface area (Å²) in [6.07, 6.45) is 3.11. The van der Waals surface area contributed by atoms with Gasteiger partial charge in [-0.2, -0.15) is 0 Å². The molecule has 2 atom stereocenters. The summed E-state index contributed by atoms with van der Waals surface area (Å²) in [7, 11) is 0. The van der Waals surface area contributed by atoms with E-state index in [1.54, 1.807) is 17.0 Å². The number of carboxylic acid groups (broad SMARTS) is 1. The van der Waals surface area contributed by atoms with Gasteiger partial charge in [-0.05, 0) is 43.4 Å². The number of benzene rings is 1. The highest BCUT2D eigenvalue weighted by Crippen LogP contribution is 2.39. The quantitative estimate of drug-likeness (QED) is 0.906. The Balaban J connectivity index is 1.73. The molecule has 2 fully saturated rings. The molecule has 2 aliphatic rings. The normalized spacial score (nSPS) is 24.2. The maximum Gasteiger partial charge on any atom is 0.307 e. The molecule has 112 valence electrons. The summed E-state index contributed by atoms with van der Waals surface area (Å²) < 4.78 is 13.3. The number of carboxylic acids is 1. The van der Waals surface area contributed by atoms with Crippen LogP contribution in [-0.2, 0) is 16.1 Å². The molecule has 0 radical (unpaired) electrons. The average molecular weight is 291 g/mol. The number of nitrogens with zero attached hydrogens (tertiary/aromatic N) is 1. The van der Waals surface area contributed by atoms with E-state index in [-0.39, 0.29) is 17.8 Å². The summed E-state index contributed by atoms with van der Waals surface area (Å²) in [6, 6.07) is 6.41. The van der Waals surface area contributed by atoms with E-state index in [0.29, 0.717) is 19.4 Å². The molecule has 2 saturated carbocycles. The Bertz CT molecular complexity index is 570. The van der Waals surface area contributed by atoms with Crippen molar-refractivity contribution < 1.29 is 19.1 Å². The Morgan fingerprint density at radius 1 is 1.19 bits per heavy atom. The number of halogens is 1. The standard InChI is InChI=1S/C16H18FNO3/c17-11-3-1-2-10(8-11)9-18(12-4-5-12)15(19)13-6-7-14(13)16(20)21/h1-3,8,12-14H,4-7,9H2,(H,20,21). The number of aliphatic carboxylic acids is 1. The first-order chi connectivity index (χ1) is 10.1. The maximum absolute atomic E-state index is 13.3. The van der Waals surface area contributed by atoms with Crippen LogP contribution in [0.5, 0.6) is 0 Å². The minimum absolute atomic E-state index is 0.0830. The van der Waals surface area contributed by atoms with Gasteiger partial charge in [-0.15, -0.1) is 0 Å². The topological polar surface area (TPSA) is 57.6 Å². The predicted molar refractivity (Wildman–Crippen MR) is 73.8 cm³/mol. The summed E-state index contributed by atoms with van der Waals surface area (Å²) in [4.78, 5) is 25.4. The fourth-order valence-electron chi connectivity index (χ4n) is 2.91. The van der Waals surface area contributed by atoms with Crippen molar-refractivity contribution >= 4 is 11.9 Å². The van der Waals surface area contributed by atoms with Crippen LogP contribution in [0.1, 0.15) is 31.2 Å². The predicted octanol–water partition coefficient (Wildman–Crippen LogP) is 2.43. The summed E-state index contributed by atoms with van der Waals surface area (Å²) in [5.74, 6) is -2.24. The molecule has 2 aliphatic carbocycles. The lowest BCUT2D eigenvalue weighted by Gasteiger charge is -2.36. The third-order valence-electron chi connectivity index (χ3n) is 4.42. The first-order valence-corrected chi connectivity index (χ1v) is 7.34. The molecule has 2 unspecified atom stereocenters. The van der Waals surface area contributed by atoms with Crippen LogP contribution >= 0.6 is 0 Å². The van der Waals surface area contributed by atoms with E-state index < -0.39 is 17.8 Å². The van der Waals surface area contributed by atoms with Crippen LogP contribution in [0.3, 0.4) is 0 Å². The number of hydrogen-bond donors (Lipinski definition) is 1. The van der Waals surface area contributed by atoms with Gasteiger partial charge in [0, 0.05) is 12.6 Å². The molecule has 0 heterocycles. The summed E-state index contributed by atoms with van der Waals surface area (Å²) in [6.45, 7) is 0.365. The Labute approximate surface area is 122 Å². The number of rotatable bonds is 5. The first-order valence-electron chi connectivity index (χ1n) is 7.34. The minimum Gasteiger partial charge on any atom is -0.481 e. The van der Waals surface area contributed by atoms with Gasteiger partial charge in [-0.25, -0.2) is 4.39 Å². The van der Waals surface area contributed by atoms with Crippen molar-refractivity contribution in [3.8, 4) is 0 Å². The molecule has 1 amide bonds. The molecule has 5 heteroatoms. The molecule has 0 saturated heterocycles. The van der Waals surface area contributed by atoms with Gasteiger partial charge in [0.1, 0.15) is 5.82 Å². The SMILES string of the molecule is O=C(O)C1CCC1C(=O)N(Cc1cccc(F)c1)C1CC1. The molecular formula is C16H18FNO3. The van der Waals surface area contributed by atoms with E-state index in [2.05, 4.69) is 0 Å². The molecule has 1 aromatic carbocycles. The van der Waals surface area contributed by atoms with E-state index in [4.69, 9.17) is 5.11 Å². The third kappa shape index (κ3) is 2.91. The average Bonchev–Trinajstić information content (AvgIpc) is 3.18. The van der Waals surface area contributed by atoms with E-state index >= 15 is 0 Å². The summed E-state index contributed by atoms with van der Waals surface area (Å²) >= 11 is 0. The van der Waals surface area contributed by atoms with Crippen LogP contribution in [0.25, 0.3) is 0 Å². The smallest absolute Gasteiger partial charge is 0.307 e. The molecule has 0 bridgehead atoms. The van der Waals surface area contributed by atoms with Crippen molar-refractivity contribution in [2.24, 2.45) is 11.8 Å². The Morgan fingerprint density at radius 2 is 1.90 bits per heavy atom. The second-order valence-electron chi connectivity index (χ2n) is 5.96. The molecule has 0 spiro atoms. The van der Waals surface area contributed by atoms with Gasteiger partial charge in [-0.1, -0.05) is 12.1 Å². The minimum atomic E-state index is -0.888. The van der Waals surface area contributed by atoms with E-state index in [1.165, 1.54) is 12.1 Å². The van der Waals surface area contributed by atoms with Crippen LogP contribution in [0.2, 0.25) is 0 Å². The van der Waals surface area contributed by atoms with Gasteiger partial charge in [0.2, 0.25) is 5.91 Å². The van der Waals surface area contributed by atoms with Crippen molar-refractivity contribution in [3.05, 3.63) is 35.6 Å². The Kier molecular flexibility index (Phi) is 3.66. The molecule has 3 rings (SSSR count). The lowest BCUT2D eigenvalue weighted by atomic mass is 9.73. The Morgan fingerprint density at radius 3 is 2.43 bits per heavy atom. The molecule has 4 nitrogen and oxygen atoms in total. The zero-order valence-electron chi connectivity index (χ0n) is 11.7. The largest absolute Gasteiger partial charge is 0.481 e. The fourth-order valence-corrected chi connectivity index (χ4v) is 2.91. The molecule has 1 N–H and O–H groups in total. The number of carbonyl (C=O) groups is 2. The third-order valence-corrected chi connectivity index (χ3v) is 4.42. The number of amides is 1. The Hall–Kier alpha value is -1.91. The highest BCUT2D eigenvalue weighted by Gasteiger charge is 2.45. The van der Waals surface area contributed by atoms with Crippen LogP contribution in [-0.4, -0.2) is 27.9 Å². The molecule has 0 aromatic heterocycles. The van der Waals surface area contributed by atoms with Gasteiger partial charge in [0.05, 0.1) is 11.8 Å². The van der Waals surface area contributed by atoms with Crippen LogP contribution in [0, 0.1) is 17.7 Å². The van der Waals surface area contributed by atoms with Crippen molar-refractivity contribution in [2.75, 3.05) is 0 Å². The fraction of sp³-hybridized carbons (Fsp3) is 0.500. The van der Waals surface area contributed by atoms with Gasteiger partial charge < -0.3 is 10.0 Å². The maximum atomic E-state index is 13.3. The van der Waals surface area contributed by atoms with E-state index in [9.17, 15) is 14.0 Å². The van der Waals surface area contributed by atoms with Gasteiger partial charge in [0.25, 0.3) is 0 Å². The summed E-state index contributed by atoms with van der Waals surface area (Å²) in [5, 5.41) is 9.09. The van der Waals surface area contributed by atoms with Crippen molar-refractivity contribution in [2.45, 2.75) is 38.3 Å². The van der Waals surface area contributed by atoms with Gasteiger partial charge in [-0.3, -0.25) is 9.59 Å². The molecule has 1 aromatic rings. The van der Waals surface area contributed by atoms with Crippen LogP contribution in [0.15, 0.2) is 24.3 Å². The van der Waals surface area contributed by atoms with Gasteiger partial charge >= 0.3 is 5.97 Å².